The smallest absolute Gasteiger partial charge is 0.265 e. The maximum atomic E-state index is 13.8. The number of rotatable bonds is 5. The van der Waals surface area contributed by atoms with E-state index in [1.165, 1.54) is 5.56 Å². The van der Waals surface area contributed by atoms with Crippen molar-refractivity contribution in [2.75, 3.05) is 5.75 Å². The zero-order valence-corrected chi connectivity index (χ0v) is 17.8. The summed E-state index contributed by atoms with van der Waals surface area (Å²) < 4.78 is 3.51. The van der Waals surface area contributed by atoms with Gasteiger partial charge in [-0.05, 0) is 31.1 Å². The second kappa shape index (κ2) is 6.92. The van der Waals surface area contributed by atoms with Gasteiger partial charge < -0.3 is 0 Å². The molecule has 0 saturated heterocycles. The third-order valence-electron chi connectivity index (χ3n) is 5.62. The molecule has 0 aliphatic heterocycles. The van der Waals surface area contributed by atoms with E-state index in [-0.39, 0.29) is 11.0 Å². The van der Waals surface area contributed by atoms with Crippen molar-refractivity contribution in [3.05, 3.63) is 57.9 Å². The summed E-state index contributed by atoms with van der Waals surface area (Å²) in [6, 6.07) is 8.31. The summed E-state index contributed by atoms with van der Waals surface area (Å²) in [5.74, 6) is 1.44. The Morgan fingerprint density at radius 1 is 1.32 bits per heavy atom. The van der Waals surface area contributed by atoms with E-state index in [0.29, 0.717) is 17.5 Å². The average Bonchev–Trinajstić information content (AvgIpc) is 2.99. The van der Waals surface area contributed by atoms with E-state index in [0.717, 1.165) is 41.0 Å². The molecule has 146 valence electrons. The molecule has 1 aliphatic rings. The molecule has 2 aromatic heterocycles. The van der Waals surface area contributed by atoms with Crippen LogP contribution in [-0.2, 0) is 18.4 Å². The first-order valence-electron chi connectivity index (χ1n) is 9.79. The summed E-state index contributed by atoms with van der Waals surface area (Å²) in [7, 11) is 0. The monoisotopic (exact) mass is 394 g/mol. The van der Waals surface area contributed by atoms with Gasteiger partial charge in [-0.25, -0.2) is 14.1 Å². The molecular formula is C22H26N4OS. The summed E-state index contributed by atoms with van der Waals surface area (Å²) in [5.41, 5.74) is 4.71. The predicted molar refractivity (Wildman–Crippen MR) is 115 cm³/mol. The molecule has 0 saturated carbocycles. The van der Waals surface area contributed by atoms with E-state index in [2.05, 4.69) is 45.5 Å². The van der Waals surface area contributed by atoms with Crippen molar-refractivity contribution >= 4 is 17.5 Å². The van der Waals surface area contributed by atoms with Gasteiger partial charge in [-0.1, -0.05) is 69.0 Å². The molecule has 4 rings (SSSR count). The van der Waals surface area contributed by atoms with Gasteiger partial charge in [0.1, 0.15) is 0 Å². The second-order valence-electron chi connectivity index (χ2n) is 7.85. The van der Waals surface area contributed by atoms with Crippen LogP contribution in [0.1, 0.15) is 45.2 Å². The van der Waals surface area contributed by atoms with Crippen LogP contribution in [-0.4, -0.2) is 24.9 Å². The molecule has 0 spiro atoms. The van der Waals surface area contributed by atoms with Crippen LogP contribution in [0, 0.1) is 0 Å². The SMILES string of the molecule is C=C(C)Cn1nc(SCC)n2c(=O)c3c(nc12)-c1ccccc1C[C@@]3(C)CC. The molecule has 28 heavy (non-hydrogen) atoms. The zero-order valence-electron chi connectivity index (χ0n) is 17.0. The second-order valence-corrected chi connectivity index (χ2v) is 9.09. The summed E-state index contributed by atoms with van der Waals surface area (Å²) in [6.45, 7) is 12.9. The first-order valence-corrected chi connectivity index (χ1v) is 10.8. The van der Waals surface area contributed by atoms with Crippen LogP contribution >= 0.6 is 11.8 Å². The molecule has 2 heterocycles. The molecule has 0 N–H and O–H groups in total. The van der Waals surface area contributed by atoms with E-state index in [1.807, 2.05) is 17.7 Å². The van der Waals surface area contributed by atoms with Gasteiger partial charge in [-0.2, -0.15) is 0 Å². The maximum absolute atomic E-state index is 13.8. The van der Waals surface area contributed by atoms with Gasteiger partial charge in [0.05, 0.1) is 17.8 Å². The topological polar surface area (TPSA) is 52.2 Å². The van der Waals surface area contributed by atoms with Crippen molar-refractivity contribution in [1.82, 2.24) is 19.2 Å². The zero-order chi connectivity index (χ0) is 20.1. The summed E-state index contributed by atoms with van der Waals surface area (Å²) in [5, 5.41) is 5.41. The molecule has 0 unspecified atom stereocenters. The lowest BCUT2D eigenvalue weighted by Gasteiger charge is -2.35. The minimum Gasteiger partial charge on any atom is -0.268 e. The van der Waals surface area contributed by atoms with Gasteiger partial charge in [-0.15, -0.1) is 5.10 Å². The number of nitrogens with zero attached hydrogens (tertiary/aromatic N) is 4. The Balaban J connectivity index is 2.12. The number of benzene rings is 1. The van der Waals surface area contributed by atoms with Crippen LogP contribution in [0.2, 0.25) is 0 Å². The predicted octanol–water partition coefficient (Wildman–Crippen LogP) is 4.47. The van der Waals surface area contributed by atoms with E-state index < -0.39 is 0 Å². The number of hydrogen-bond acceptors (Lipinski definition) is 4. The first kappa shape index (κ1) is 19.0. The highest BCUT2D eigenvalue weighted by atomic mass is 32.2. The molecule has 5 nitrogen and oxygen atoms in total. The lowest BCUT2D eigenvalue weighted by atomic mass is 9.69. The van der Waals surface area contributed by atoms with Gasteiger partial charge in [0, 0.05) is 11.0 Å². The highest BCUT2D eigenvalue weighted by Gasteiger charge is 2.38. The average molecular weight is 395 g/mol. The van der Waals surface area contributed by atoms with Crippen LogP contribution in [0.15, 0.2) is 46.4 Å². The van der Waals surface area contributed by atoms with Crippen molar-refractivity contribution in [2.45, 2.75) is 57.7 Å². The molecular weight excluding hydrogens is 368 g/mol. The first-order chi connectivity index (χ1) is 13.4. The van der Waals surface area contributed by atoms with Gasteiger partial charge in [-0.3, -0.25) is 4.79 Å². The number of thioether (sulfide) groups is 1. The molecule has 6 heteroatoms. The van der Waals surface area contributed by atoms with Crippen LogP contribution in [0.4, 0.5) is 0 Å². The Labute approximate surface area is 169 Å². The fraction of sp³-hybridized carbons (Fsp3) is 0.409. The molecule has 3 aromatic rings. The van der Waals surface area contributed by atoms with E-state index in [4.69, 9.17) is 10.1 Å². The van der Waals surface area contributed by atoms with Gasteiger partial charge in [0.2, 0.25) is 5.78 Å². The van der Waals surface area contributed by atoms with E-state index in [1.54, 1.807) is 16.2 Å². The Hall–Kier alpha value is -2.34. The highest BCUT2D eigenvalue weighted by molar-refractivity contribution is 7.99. The van der Waals surface area contributed by atoms with Gasteiger partial charge >= 0.3 is 0 Å². The third-order valence-corrected chi connectivity index (χ3v) is 6.44. The molecule has 0 radical (unpaired) electrons. The third kappa shape index (κ3) is 2.82. The van der Waals surface area contributed by atoms with Gasteiger partial charge in [0.25, 0.3) is 5.56 Å². The number of aromatic nitrogens is 4. The largest absolute Gasteiger partial charge is 0.268 e. The van der Waals surface area contributed by atoms with Crippen LogP contribution < -0.4 is 5.56 Å². The molecule has 0 fully saturated rings. The quantitative estimate of drug-likeness (QED) is 0.473. The standard InChI is InChI=1S/C22H26N4OS/c1-6-22(5)12-15-10-8-9-11-16(15)18-17(22)19(27)26-20(23-18)25(13-14(3)4)24-21(26)28-7-2/h8-11H,3,6-7,12-13H2,1-2,4-5H3/t22-/m1/s1. The number of hydrogen-bond donors (Lipinski definition) is 0. The van der Waals surface area contributed by atoms with Crippen LogP contribution in [0.25, 0.3) is 17.0 Å². The molecule has 0 amide bonds. The van der Waals surface area contributed by atoms with Gasteiger partial charge in [0.15, 0.2) is 5.16 Å². The Bertz CT molecular complexity index is 1140. The summed E-state index contributed by atoms with van der Waals surface area (Å²) in [6.07, 6.45) is 1.74. The molecule has 1 aromatic carbocycles. The summed E-state index contributed by atoms with van der Waals surface area (Å²) >= 11 is 1.57. The van der Waals surface area contributed by atoms with Crippen molar-refractivity contribution in [1.29, 1.82) is 0 Å². The maximum Gasteiger partial charge on any atom is 0.265 e. The fourth-order valence-electron chi connectivity index (χ4n) is 4.09. The molecule has 0 bridgehead atoms. The van der Waals surface area contributed by atoms with Crippen molar-refractivity contribution in [3.63, 3.8) is 0 Å². The Morgan fingerprint density at radius 2 is 2.07 bits per heavy atom. The summed E-state index contributed by atoms with van der Waals surface area (Å²) in [4.78, 5) is 18.8. The minimum atomic E-state index is -0.237. The normalized spacial score (nSPS) is 18.1. The van der Waals surface area contributed by atoms with Crippen LogP contribution in [0.5, 0.6) is 0 Å². The van der Waals surface area contributed by atoms with Crippen molar-refractivity contribution in [2.24, 2.45) is 0 Å². The van der Waals surface area contributed by atoms with E-state index >= 15 is 0 Å². The molecule has 1 aliphatic carbocycles. The fourth-order valence-corrected chi connectivity index (χ4v) is 4.80. The Morgan fingerprint density at radius 3 is 2.75 bits per heavy atom. The van der Waals surface area contributed by atoms with E-state index in [9.17, 15) is 4.79 Å². The van der Waals surface area contributed by atoms with Crippen molar-refractivity contribution < 1.29 is 0 Å². The van der Waals surface area contributed by atoms with Crippen LogP contribution in [0.3, 0.4) is 0 Å². The number of fused-ring (bicyclic) bond motifs is 4. The lowest BCUT2D eigenvalue weighted by molar-refractivity contribution is 0.439. The highest BCUT2D eigenvalue weighted by Crippen LogP contribution is 2.42. The minimum absolute atomic E-state index is 0.0165. The molecule has 1 atom stereocenters. The van der Waals surface area contributed by atoms with Crippen molar-refractivity contribution in [3.8, 4) is 11.3 Å². The number of allylic oxidation sites excluding steroid dienone is 1. The lowest BCUT2D eigenvalue weighted by Crippen LogP contribution is -2.37. The Kier molecular flexibility index (Phi) is 4.70.